The molecule has 0 saturated carbocycles. The summed E-state index contributed by atoms with van der Waals surface area (Å²) in [7, 11) is 1.92. The molecule has 2 unspecified atom stereocenters. The van der Waals surface area contributed by atoms with E-state index in [2.05, 4.69) is 42.3 Å². The van der Waals surface area contributed by atoms with Gasteiger partial charge in [-0.1, -0.05) is 13.0 Å². The standard InChI is InChI=1S/C16H23N3/c1-12-6-7-19(13(2)8-12)16-5-4-14(11-18-3)9-15(16)10-17/h4-5,9,12-13,18H,6-8,11H2,1-3H3. The van der Waals surface area contributed by atoms with E-state index in [0.29, 0.717) is 6.04 Å². The number of hydrogen-bond acceptors (Lipinski definition) is 3. The van der Waals surface area contributed by atoms with Crippen LogP contribution in [0.3, 0.4) is 0 Å². The number of anilines is 1. The molecule has 1 aromatic rings. The SMILES string of the molecule is CNCc1ccc(N2CCC(C)CC2C)c(C#N)c1. The van der Waals surface area contributed by atoms with Crippen LogP contribution in [0.25, 0.3) is 0 Å². The minimum absolute atomic E-state index is 0.519. The smallest absolute Gasteiger partial charge is 0.101 e. The molecule has 3 heteroatoms. The molecule has 0 bridgehead atoms. The summed E-state index contributed by atoms with van der Waals surface area (Å²) in [4.78, 5) is 2.39. The van der Waals surface area contributed by atoms with E-state index in [4.69, 9.17) is 0 Å². The zero-order chi connectivity index (χ0) is 13.8. The molecule has 2 atom stereocenters. The van der Waals surface area contributed by atoms with Crippen LogP contribution in [0.5, 0.6) is 0 Å². The van der Waals surface area contributed by atoms with Crippen molar-refractivity contribution >= 4 is 5.69 Å². The molecule has 1 fully saturated rings. The van der Waals surface area contributed by atoms with Gasteiger partial charge in [-0.25, -0.2) is 0 Å². The predicted octanol–water partition coefficient (Wildman–Crippen LogP) is 2.90. The first-order valence-electron chi connectivity index (χ1n) is 7.10. The molecule has 0 radical (unpaired) electrons. The topological polar surface area (TPSA) is 39.1 Å². The Morgan fingerprint density at radius 2 is 2.21 bits per heavy atom. The van der Waals surface area contributed by atoms with Crippen LogP contribution in [0.4, 0.5) is 5.69 Å². The number of rotatable bonds is 3. The molecule has 1 N–H and O–H groups in total. The van der Waals surface area contributed by atoms with E-state index in [1.54, 1.807) is 0 Å². The van der Waals surface area contributed by atoms with Gasteiger partial charge >= 0.3 is 0 Å². The lowest BCUT2D eigenvalue weighted by molar-refractivity contribution is 0.378. The highest BCUT2D eigenvalue weighted by Gasteiger charge is 2.24. The van der Waals surface area contributed by atoms with Crippen molar-refractivity contribution in [2.45, 2.75) is 39.3 Å². The van der Waals surface area contributed by atoms with Crippen LogP contribution in [0.15, 0.2) is 18.2 Å². The van der Waals surface area contributed by atoms with Gasteiger partial charge in [-0.05, 0) is 50.4 Å². The Hall–Kier alpha value is -1.53. The van der Waals surface area contributed by atoms with Gasteiger partial charge < -0.3 is 10.2 Å². The third-order valence-electron chi connectivity index (χ3n) is 4.01. The molecule has 19 heavy (non-hydrogen) atoms. The van der Waals surface area contributed by atoms with E-state index in [1.807, 2.05) is 13.1 Å². The van der Waals surface area contributed by atoms with Gasteiger partial charge in [-0.2, -0.15) is 5.26 Å². The van der Waals surface area contributed by atoms with E-state index < -0.39 is 0 Å². The van der Waals surface area contributed by atoms with Gasteiger partial charge in [-0.15, -0.1) is 0 Å². The fourth-order valence-electron chi connectivity index (χ4n) is 3.00. The van der Waals surface area contributed by atoms with Gasteiger partial charge in [0.25, 0.3) is 0 Å². The monoisotopic (exact) mass is 257 g/mol. The first kappa shape index (κ1) is 13.9. The van der Waals surface area contributed by atoms with Crippen LogP contribution < -0.4 is 10.2 Å². The molecular formula is C16H23N3. The fraction of sp³-hybridized carbons (Fsp3) is 0.562. The van der Waals surface area contributed by atoms with E-state index in [-0.39, 0.29) is 0 Å². The lowest BCUT2D eigenvalue weighted by atomic mass is 9.92. The summed E-state index contributed by atoms with van der Waals surface area (Å²) in [5.41, 5.74) is 3.07. The minimum atomic E-state index is 0.519. The predicted molar refractivity (Wildman–Crippen MR) is 79.1 cm³/mol. The van der Waals surface area contributed by atoms with Gasteiger partial charge in [0.2, 0.25) is 0 Å². The first-order valence-corrected chi connectivity index (χ1v) is 7.10. The summed E-state index contributed by atoms with van der Waals surface area (Å²) in [6.07, 6.45) is 2.43. The largest absolute Gasteiger partial charge is 0.368 e. The third-order valence-corrected chi connectivity index (χ3v) is 4.01. The van der Waals surface area contributed by atoms with Crippen LogP contribution in [-0.2, 0) is 6.54 Å². The zero-order valence-corrected chi connectivity index (χ0v) is 12.1. The third kappa shape index (κ3) is 3.08. The highest BCUT2D eigenvalue weighted by Crippen LogP contribution is 2.30. The number of nitriles is 1. The van der Waals surface area contributed by atoms with Crippen molar-refractivity contribution in [2.24, 2.45) is 5.92 Å². The number of nitrogens with one attached hydrogen (secondary N) is 1. The molecule has 1 saturated heterocycles. The Labute approximate surface area is 116 Å². The van der Waals surface area contributed by atoms with Gasteiger partial charge in [0.15, 0.2) is 0 Å². The van der Waals surface area contributed by atoms with E-state index in [0.717, 1.165) is 30.3 Å². The Balaban J connectivity index is 2.27. The van der Waals surface area contributed by atoms with Crippen LogP contribution in [0.2, 0.25) is 0 Å². The Morgan fingerprint density at radius 1 is 1.42 bits per heavy atom. The molecule has 3 nitrogen and oxygen atoms in total. The number of piperidine rings is 1. The van der Waals surface area contributed by atoms with Crippen molar-refractivity contribution in [2.75, 3.05) is 18.5 Å². The van der Waals surface area contributed by atoms with Gasteiger partial charge in [0.1, 0.15) is 6.07 Å². The lowest BCUT2D eigenvalue weighted by Crippen LogP contribution is -2.40. The quantitative estimate of drug-likeness (QED) is 0.905. The summed E-state index contributed by atoms with van der Waals surface area (Å²) >= 11 is 0. The van der Waals surface area contributed by atoms with Crippen molar-refractivity contribution in [1.82, 2.24) is 5.32 Å². The molecule has 2 rings (SSSR count). The average molecular weight is 257 g/mol. The second-order valence-electron chi connectivity index (χ2n) is 5.67. The maximum absolute atomic E-state index is 9.38. The molecule has 0 aliphatic carbocycles. The van der Waals surface area contributed by atoms with Crippen molar-refractivity contribution in [3.63, 3.8) is 0 Å². The minimum Gasteiger partial charge on any atom is -0.368 e. The first-order chi connectivity index (χ1) is 9.15. The zero-order valence-electron chi connectivity index (χ0n) is 12.1. The summed E-state index contributed by atoms with van der Waals surface area (Å²) in [6.45, 7) is 6.44. The summed E-state index contributed by atoms with van der Waals surface area (Å²) in [5, 5.41) is 12.5. The van der Waals surface area contributed by atoms with E-state index in [1.165, 1.54) is 18.4 Å². The van der Waals surface area contributed by atoms with Crippen LogP contribution in [-0.4, -0.2) is 19.6 Å². The molecule has 1 aliphatic rings. The van der Waals surface area contributed by atoms with E-state index >= 15 is 0 Å². The molecule has 1 aromatic carbocycles. The molecule has 0 aromatic heterocycles. The maximum atomic E-state index is 9.38. The number of benzene rings is 1. The fourth-order valence-corrected chi connectivity index (χ4v) is 3.00. The molecular weight excluding hydrogens is 234 g/mol. The summed E-state index contributed by atoms with van der Waals surface area (Å²) in [6, 6.07) is 9.12. The van der Waals surface area contributed by atoms with E-state index in [9.17, 15) is 5.26 Å². The Bertz CT molecular complexity index is 475. The second-order valence-corrected chi connectivity index (χ2v) is 5.67. The van der Waals surface area contributed by atoms with Crippen LogP contribution in [0, 0.1) is 17.2 Å². The number of hydrogen-bond donors (Lipinski definition) is 1. The highest BCUT2D eigenvalue weighted by atomic mass is 15.2. The van der Waals surface area contributed by atoms with Crippen molar-refractivity contribution < 1.29 is 0 Å². The van der Waals surface area contributed by atoms with Gasteiger partial charge in [-0.3, -0.25) is 0 Å². The summed E-state index contributed by atoms with van der Waals surface area (Å²) in [5.74, 6) is 0.792. The molecule has 1 aliphatic heterocycles. The number of nitrogens with zero attached hydrogens (tertiary/aromatic N) is 2. The maximum Gasteiger partial charge on any atom is 0.101 e. The van der Waals surface area contributed by atoms with Crippen molar-refractivity contribution in [3.05, 3.63) is 29.3 Å². The summed E-state index contributed by atoms with van der Waals surface area (Å²) < 4.78 is 0. The Morgan fingerprint density at radius 3 is 2.84 bits per heavy atom. The van der Waals surface area contributed by atoms with Gasteiger partial charge in [0, 0.05) is 19.1 Å². The van der Waals surface area contributed by atoms with Crippen LogP contribution in [0.1, 0.15) is 37.8 Å². The molecule has 0 spiro atoms. The highest BCUT2D eigenvalue weighted by molar-refractivity contribution is 5.61. The van der Waals surface area contributed by atoms with Crippen molar-refractivity contribution in [3.8, 4) is 6.07 Å². The second kappa shape index (κ2) is 6.08. The van der Waals surface area contributed by atoms with Gasteiger partial charge in [0.05, 0.1) is 11.3 Å². The Kier molecular flexibility index (Phi) is 4.44. The molecule has 1 heterocycles. The normalized spacial score (nSPS) is 23.2. The lowest BCUT2D eigenvalue weighted by Gasteiger charge is -2.38. The van der Waals surface area contributed by atoms with Crippen molar-refractivity contribution in [1.29, 1.82) is 5.26 Å². The molecule has 0 amide bonds. The van der Waals surface area contributed by atoms with Crippen LogP contribution >= 0.6 is 0 Å². The molecule has 102 valence electrons. The average Bonchev–Trinajstić information content (AvgIpc) is 2.39.